The summed E-state index contributed by atoms with van der Waals surface area (Å²) in [6, 6.07) is 0. The Balaban J connectivity index is 3.28. The molecular formula is C9H20O5. The van der Waals surface area contributed by atoms with Crippen molar-refractivity contribution in [3.05, 3.63) is 0 Å². The minimum Gasteiger partial charge on any atom is -0.394 e. The summed E-state index contributed by atoms with van der Waals surface area (Å²) in [6.45, 7) is 4.00. The monoisotopic (exact) mass is 208 g/mol. The molecule has 0 radical (unpaired) electrons. The minimum atomic E-state index is -0.331. The summed E-state index contributed by atoms with van der Waals surface area (Å²) in [6.07, 6.45) is -0.331. The van der Waals surface area contributed by atoms with Crippen LogP contribution < -0.4 is 0 Å². The molecule has 0 aliphatic rings. The van der Waals surface area contributed by atoms with Gasteiger partial charge in [0, 0.05) is 6.61 Å². The molecule has 0 saturated heterocycles. The molecule has 14 heavy (non-hydrogen) atoms. The Kier molecular flexibility index (Phi) is 10.7. The van der Waals surface area contributed by atoms with Crippen LogP contribution in [-0.4, -0.2) is 62.6 Å². The van der Waals surface area contributed by atoms with Crippen molar-refractivity contribution in [3.8, 4) is 0 Å². The quantitative estimate of drug-likeness (QED) is 0.470. The van der Waals surface area contributed by atoms with Gasteiger partial charge in [0.1, 0.15) is 6.10 Å². The third-order valence-electron chi connectivity index (χ3n) is 1.53. The minimum absolute atomic E-state index is 0.0168. The van der Waals surface area contributed by atoms with Crippen LogP contribution in [0.4, 0.5) is 0 Å². The van der Waals surface area contributed by atoms with Gasteiger partial charge in [0.2, 0.25) is 0 Å². The first-order valence-electron chi connectivity index (χ1n) is 4.84. The predicted molar refractivity (Wildman–Crippen MR) is 51.2 cm³/mol. The van der Waals surface area contributed by atoms with Crippen molar-refractivity contribution < 1.29 is 24.4 Å². The Morgan fingerprint density at radius 3 is 2.43 bits per heavy atom. The fourth-order valence-corrected chi connectivity index (χ4v) is 0.851. The van der Waals surface area contributed by atoms with E-state index in [0.29, 0.717) is 26.4 Å². The average molecular weight is 208 g/mol. The number of aliphatic hydroxyl groups is 2. The van der Waals surface area contributed by atoms with Crippen molar-refractivity contribution in [1.82, 2.24) is 0 Å². The zero-order valence-electron chi connectivity index (χ0n) is 8.65. The lowest BCUT2D eigenvalue weighted by Gasteiger charge is -2.15. The predicted octanol–water partition coefficient (Wildman–Crippen LogP) is -0.591. The molecule has 0 bridgehead atoms. The number of aliphatic hydroxyl groups excluding tert-OH is 2. The molecule has 0 amide bonds. The Labute approximate surface area is 84.6 Å². The highest BCUT2D eigenvalue weighted by Crippen LogP contribution is 1.92. The maximum absolute atomic E-state index is 8.87. The van der Waals surface area contributed by atoms with Crippen LogP contribution in [0, 0.1) is 0 Å². The summed E-state index contributed by atoms with van der Waals surface area (Å²) in [4.78, 5) is 0. The highest BCUT2D eigenvalue weighted by atomic mass is 16.6. The molecule has 0 heterocycles. The molecule has 0 fully saturated rings. The van der Waals surface area contributed by atoms with E-state index in [1.54, 1.807) is 0 Å². The van der Waals surface area contributed by atoms with Gasteiger partial charge in [-0.2, -0.15) is 0 Å². The molecule has 1 atom stereocenters. The Hall–Kier alpha value is -0.200. The van der Waals surface area contributed by atoms with Crippen molar-refractivity contribution in [2.75, 3.05) is 46.2 Å². The van der Waals surface area contributed by atoms with Crippen LogP contribution in [0.2, 0.25) is 0 Å². The molecule has 0 aliphatic carbocycles. The van der Waals surface area contributed by atoms with Crippen molar-refractivity contribution in [2.45, 2.75) is 13.0 Å². The molecular weight excluding hydrogens is 188 g/mol. The second kappa shape index (κ2) is 10.9. The van der Waals surface area contributed by atoms with Gasteiger partial charge in [-0.15, -0.1) is 0 Å². The zero-order chi connectivity index (χ0) is 10.6. The number of hydrogen-bond acceptors (Lipinski definition) is 5. The molecule has 2 N–H and O–H groups in total. The smallest absolute Gasteiger partial charge is 0.104 e. The molecule has 1 unspecified atom stereocenters. The zero-order valence-corrected chi connectivity index (χ0v) is 8.65. The van der Waals surface area contributed by atoms with E-state index >= 15 is 0 Å². The van der Waals surface area contributed by atoms with Gasteiger partial charge in [-0.1, -0.05) is 0 Å². The van der Waals surface area contributed by atoms with E-state index < -0.39 is 0 Å². The van der Waals surface area contributed by atoms with E-state index in [-0.39, 0.29) is 25.9 Å². The van der Waals surface area contributed by atoms with Crippen molar-refractivity contribution in [3.63, 3.8) is 0 Å². The lowest BCUT2D eigenvalue weighted by molar-refractivity contribution is -0.0615. The highest BCUT2D eigenvalue weighted by molar-refractivity contribution is 4.53. The lowest BCUT2D eigenvalue weighted by Crippen LogP contribution is -2.26. The molecule has 0 aromatic carbocycles. The van der Waals surface area contributed by atoms with E-state index in [1.165, 1.54) is 0 Å². The maximum atomic E-state index is 8.87. The van der Waals surface area contributed by atoms with Crippen LogP contribution in [0.3, 0.4) is 0 Å². The van der Waals surface area contributed by atoms with Gasteiger partial charge >= 0.3 is 0 Å². The molecule has 5 nitrogen and oxygen atoms in total. The van der Waals surface area contributed by atoms with Gasteiger partial charge in [-0.05, 0) is 6.92 Å². The molecule has 0 aromatic rings. The normalized spacial score (nSPS) is 13.1. The second-order valence-corrected chi connectivity index (χ2v) is 2.67. The summed E-state index contributed by atoms with van der Waals surface area (Å²) < 4.78 is 15.3. The Morgan fingerprint density at radius 2 is 1.86 bits per heavy atom. The van der Waals surface area contributed by atoms with Crippen LogP contribution in [0.15, 0.2) is 0 Å². The molecule has 0 rings (SSSR count). The van der Waals surface area contributed by atoms with Gasteiger partial charge in [0.25, 0.3) is 0 Å². The summed E-state index contributed by atoms with van der Waals surface area (Å²) in [5.41, 5.74) is 0. The molecule has 0 aliphatic heterocycles. The highest BCUT2D eigenvalue weighted by Gasteiger charge is 2.07. The average Bonchev–Trinajstić information content (AvgIpc) is 2.22. The third-order valence-corrected chi connectivity index (χ3v) is 1.53. The lowest BCUT2D eigenvalue weighted by atomic mass is 10.4. The third kappa shape index (κ3) is 8.40. The van der Waals surface area contributed by atoms with Gasteiger partial charge in [0.15, 0.2) is 0 Å². The topological polar surface area (TPSA) is 68.2 Å². The van der Waals surface area contributed by atoms with Crippen LogP contribution in [0.25, 0.3) is 0 Å². The molecule has 86 valence electrons. The maximum Gasteiger partial charge on any atom is 0.104 e. The largest absolute Gasteiger partial charge is 0.394 e. The summed E-state index contributed by atoms with van der Waals surface area (Å²) in [5.74, 6) is 0. The first-order valence-corrected chi connectivity index (χ1v) is 4.84. The van der Waals surface area contributed by atoms with Crippen LogP contribution in [0.1, 0.15) is 6.92 Å². The van der Waals surface area contributed by atoms with Gasteiger partial charge in [-0.3, -0.25) is 0 Å². The van der Waals surface area contributed by atoms with Gasteiger partial charge < -0.3 is 24.4 Å². The van der Waals surface area contributed by atoms with Gasteiger partial charge in [0.05, 0.1) is 39.6 Å². The number of ether oxygens (including phenoxy) is 3. The van der Waals surface area contributed by atoms with Crippen LogP contribution >= 0.6 is 0 Å². The van der Waals surface area contributed by atoms with E-state index in [2.05, 4.69) is 0 Å². The van der Waals surface area contributed by atoms with Crippen molar-refractivity contribution in [2.24, 2.45) is 0 Å². The first-order chi connectivity index (χ1) is 6.85. The molecule has 5 heteroatoms. The second-order valence-electron chi connectivity index (χ2n) is 2.67. The first kappa shape index (κ1) is 13.8. The van der Waals surface area contributed by atoms with E-state index in [4.69, 9.17) is 24.4 Å². The fourth-order valence-electron chi connectivity index (χ4n) is 0.851. The molecule has 0 spiro atoms. The van der Waals surface area contributed by atoms with Crippen molar-refractivity contribution in [1.29, 1.82) is 0 Å². The van der Waals surface area contributed by atoms with E-state index in [1.807, 2.05) is 6.92 Å². The van der Waals surface area contributed by atoms with Crippen molar-refractivity contribution >= 4 is 0 Å². The summed E-state index contributed by atoms with van der Waals surface area (Å²) in [5, 5.41) is 17.3. The Bertz CT molecular complexity index is 109. The SMILES string of the molecule is CCOCCOC(CO)COCCO. The van der Waals surface area contributed by atoms with Gasteiger partial charge in [-0.25, -0.2) is 0 Å². The van der Waals surface area contributed by atoms with E-state index in [0.717, 1.165) is 0 Å². The van der Waals surface area contributed by atoms with Crippen LogP contribution in [-0.2, 0) is 14.2 Å². The van der Waals surface area contributed by atoms with E-state index in [9.17, 15) is 0 Å². The fraction of sp³-hybridized carbons (Fsp3) is 1.00. The molecule has 0 aromatic heterocycles. The standard InChI is InChI=1S/C9H20O5/c1-2-12-5-6-14-9(7-11)8-13-4-3-10/h9-11H,2-8H2,1H3. The summed E-state index contributed by atoms with van der Waals surface area (Å²) in [7, 11) is 0. The summed E-state index contributed by atoms with van der Waals surface area (Å²) >= 11 is 0. The molecule has 0 saturated carbocycles. The van der Waals surface area contributed by atoms with Crippen LogP contribution in [0.5, 0.6) is 0 Å². The number of hydrogen-bond donors (Lipinski definition) is 2. The Morgan fingerprint density at radius 1 is 1.07 bits per heavy atom. The number of rotatable bonds is 10.